The summed E-state index contributed by atoms with van der Waals surface area (Å²) in [4.78, 5) is 15.8. The smallest absolute Gasteiger partial charge is 0.222 e. The highest BCUT2D eigenvalue weighted by molar-refractivity contribution is 5.75. The van der Waals surface area contributed by atoms with Crippen LogP contribution in [0.1, 0.15) is 34.1 Å². The Morgan fingerprint density at radius 3 is 2.43 bits per heavy atom. The van der Waals surface area contributed by atoms with E-state index in [9.17, 15) is 4.79 Å². The summed E-state index contributed by atoms with van der Waals surface area (Å²) in [5.74, 6) is 0.304. The highest BCUT2D eigenvalue weighted by atomic mass is 16.2. The molecule has 1 amide bonds. The van der Waals surface area contributed by atoms with Gasteiger partial charge in [0.25, 0.3) is 0 Å². The van der Waals surface area contributed by atoms with E-state index >= 15 is 0 Å². The first-order valence-corrected chi connectivity index (χ1v) is 5.28. The summed E-state index contributed by atoms with van der Waals surface area (Å²) in [6, 6.07) is 0. The zero-order valence-electron chi connectivity index (χ0n) is 8.75. The molecule has 1 aliphatic heterocycles. The van der Waals surface area contributed by atoms with E-state index in [-0.39, 0.29) is 7.43 Å². The molecule has 0 saturated carbocycles. The molecule has 0 aromatic heterocycles. The lowest BCUT2D eigenvalue weighted by Crippen LogP contribution is -2.34. The van der Waals surface area contributed by atoms with Crippen molar-refractivity contribution < 1.29 is 4.79 Å². The molecule has 0 bridgehead atoms. The van der Waals surface area contributed by atoms with Crippen molar-refractivity contribution in [3.8, 4) is 0 Å². The van der Waals surface area contributed by atoms with Crippen LogP contribution in [0, 0.1) is 0 Å². The maximum Gasteiger partial charge on any atom is 0.222 e. The van der Waals surface area contributed by atoms with Gasteiger partial charge < -0.3 is 9.80 Å². The molecule has 1 heterocycles. The zero-order valence-corrected chi connectivity index (χ0v) is 8.75. The van der Waals surface area contributed by atoms with Gasteiger partial charge >= 0.3 is 0 Å². The molecule has 1 fully saturated rings. The summed E-state index contributed by atoms with van der Waals surface area (Å²) in [6.45, 7) is 9.27. The van der Waals surface area contributed by atoms with Gasteiger partial charge in [-0.15, -0.1) is 0 Å². The predicted molar refractivity (Wildman–Crippen MR) is 60.3 cm³/mol. The van der Waals surface area contributed by atoms with Crippen LogP contribution in [-0.4, -0.2) is 48.4 Å². The summed E-state index contributed by atoms with van der Waals surface area (Å²) in [7, 11) is 0. The summed E-state index contributed by atoms with van der Waals surface area (Å²) in [6.07, 6.45) is 1.77. The van der Waals surface area contributed by atoms with E-state index in [4.69, 9.17) is 0 Å². The minimum absolute atomic E-state index is 0. The number of hydrogen-bond donors (Lipinski definition) is 0. The van der Waals surface area contributed by atoms with Crippen molar-refractivity contribution in [1.29, 1.82) is 0 Å². The Bertz CT molecular complexity index is 171. The van der Waals surface area contributed by atoms with Gasteiger partial charge in [-0.1, -0.05) is 21.3 Å². The molecule has 84 valence electrons. The minimum Gasteiger partial charge on any atom is -0.341 e. The van der Waals surface area contributed by atoms with Crippen molar-refractivity contribution in [3.63, 3.8) is 0 Å². The van der Waals surface area contributed by atoms with E-state index in [0.29, 0.717) is 12.3 Å². The fourth-order valence-corrected chi connectivity index (χ4v) is 1.76. The molecular formula is C11H24N2O. The van der Waals surface area contributed by atoms with Crippen molar-refractivity contribution in [2.75, 3.05) is 32.7 Å². The van der Waals surface area contributed by atoms with Crippen molar-refractivity contribution in [2.24, 2.45) is 0 Å². The highest BCUT2D eigenvalue weighted by Gasteiger charge is 2.16. The predicted octanol–water partition coefficient (Wildman–Crippen LogP) is 1.59. The molecule has 3 nitrogen and oxygen atoms in total. The van der Waals surface area contributed by atoms with Crippen LogP contribution in [0.4, 0.5) is 0 Å². The fraction of sp³-hybridized carbons (Fsp3) is 0.909. The Labute approximate surface area is 88.1 Å². The Hall–Kier alpha value is -0.570. The highest BCUT2D eigenvalue weighted by Crippen LogP contribution is 2.03. The van der Waals surface area contributed by atoms with Crippen LogP contribution in [0.15, 0.2) is 0 Å². The topological polar surface area (TPSA) is 23.6 Å². The SMILES string of the molecule is C.CCC(=O)N1CCCN(CC)CC1. The van der Waals surface area contributed by atoms with Gasteiger partial charge in [-0.25, -0.2) is 0 Å². The number of hydrogen-bond acceptors (Lipinski definition) is 2. The Morgan fingerprint density at radius 1 is 1.14 bits per heavy atom. The summed E-state index contributed by atoms with van der Waals surface area (Å²) >= 11 is 0. The van der Waals surface area contributed by atoms with E-state index in [0.717, 1.165) is 39.1 Å². The van der Waals surface area contributed by atoms with Crippen LogP contribution in [0.2, 0.25) is 0 Å². The van der Waals surface area contributed by atoms with E-state index < -0.39 is 0 Å². The largest absolute Gasteiger partial charge is 0.341 e. The lowest BCUT2D eigenvalue weighted by Gasteiger charge is -2.20. The van der Waals surface area contributed by atoms with Crippen molar-refractivity contribution >= 4 is 5.91 Å². The molecule has 0 radical (unpaired) electrons. The van der Waals surface area contributed by atoms with Gasteiger partial charge in [0.2, 0.25) is 5.91 Å². The number of carbonyl (C=O) groups excluding carboxylic acids is 1. The van der Waals surface area contributed by atoms with Gasteiger partial charge in [-0.05, 0) is 19.5 Å². The number of nitrogens with zero attached hydrogens (tertiary/aromatic N) is 2. The van der Waals surface area contributed by atoms with Crippen LogP contribution in [0.25, 0.3) is 0 Å². The standard InChI is InChI=1S/C10H20N2O.CH4/c1-3-10(13)12-7-5-6-11(4-2)8-9-12;/h3-9H2,1-2H3;1H4. The third-order valence-corrected chi connectivity index (χ3v) is 2.69. The zero-order chi connectivity index (χ0) is 9.68. The number of carbonyl (C=O) groups is 1. The summed E-state index contributed by atoms with van der Waals surface area (Å²) in [5, 5.41) is 0. The monoisotopic (exact) mass is 200 g/mol. The third-order valence-electron chi connectivity index (χ3n) is 2.69. The van der Waals surface area contributed by atoms with Crippen molar-refractivity contribution in [1.82, 2.24) is 9.80 Å². The van der Waals surface area contributed by atoms with Gasteiger partial charge in [-0.2, -0.15) is 0 Å². The first-order chi connectivity index (χ1) is 6.27. The summed E-state index contributed by atoms with van der Waals surface area (Å²) < 4.78 is 0. The van der Waals surface area contributed by atoms with Gasteiger partial charge in [0.1, 0.15) is 0 Å². The lowest BCUT2D eigenvalue weighted by molar-refractivity contribution is -0.130. The van der Waals surface area contributed by atoms with Crippen molar-refractivity contribution in [3.05, 3.63) is 0 Å². The molecular weight excluding hydrogens is 176 g/mol. The first kappa shape index (κ1) is 13.4. The summed E-state index contributed by atoms with van der Waals surface area (Å²) in [5.41, 5.74) is 0. The molecule has 0 spiro atoms. The van der Waals surface area contributed by atoms with Gasteiger partial charge in [0.05, 0.1) is 0 Å². The Kier molecular flexibility index (Phi) is 6.54. The number of amides is 1. The molecule has 0 aliphatic carbocycles. The molecule has 14 heavy (non-hydrogen) atoms. The minimum atomic E-state index is 0. The van der Waals surface area contributed by atoms with Gasteiger partial charge in [-0.3, -0.25) is 4.79 Å². The van der Waals surface area contributed by atoms with Crippen LogP contribution in [0.5, 0.6) is 0 Å². The fourth-order valence-electron chi connectivity index (χ4n) is 1.76. The maximum atomic E-state index is 11.4. The van der Waals surface area contributed by atoms with Crippen LogP contribution >= 0.6 is 0 Å². The lowest BCUT2D eigenvalue weighted by atomic mass is 10.3. The average molecular weight is 200 g/mol. The second kappa shape index (κ2) is 6.82. The molecule has 1 rings (SSSR count). The van der Waals surface area contributed by atoms with E-state index in [1.54, 1.807) is 0 Å². The molecule has 0 N–H and O–H groups in total. The maximum absolute atomic E-state index is 11.4. The number of likely N-dealkylation sites (N-methyl/N-ethyl adjacent to an activating group) is 1. The van der Waals surface area contributed by atoms with Crippen LogP contribution in [-0.2, 0) is 4.79 Å². The van der Waals surface area contributed by atoms with Crippen LogP contribution < -0.4 is 0 Å². The molecule has 3 heteroatoms. The average Bonchev–Trinajstić information content (AvgIpc) is 2.41. The molecule has 0 aromatic rings. The molecule has 0 atom stereocenters. The van der Waals surface area contributed by atoms with E-state index in [1.165, 1.54) is 0 Å². The molecule has 1 aliphatic rings. The van der Waals surface area contributed by atoms with Gasteiger partial charge in [0.15, 0.2) is 0 Å². The second-order valence-corrected chi connectivity index (χ2v) is 3.52. The molecule has 0 unspecified atom stereocenters. The normalized spacial score (nSPS) is 18.6. The number of rotatable bonds is 2. The third kappa shape index (κ3) is 3.66. The molecule has 0 aromatic carbocycles. The second-order valence-electron chi connectivity index (χ2n) is 3.52. The Balaban J connectivity index is 0.00000169. The van der Waals surface area contributed by atoms with E-state index in [1.807, 2.05) is 11.8 Å². The first-order valence-electron chi connectivity index (χ1n) is 5.28. The van der Waals surface area contributed by atoms with Gasteiger partial charge in [0, 0.05) is 26.1 Å². The Morgan fingerprint density at radius 2 is 1.86 bits per heavy atom. The molecule has 1 saturated heterocycles. The van der Waals surface area contributed by atoms with E-state index in [2.05, 4.69) is 11.8 Å². The van der Waals surface area contributed by atoms with Crippen LogP contribution in [0.3, 0.4) is 0 Å². The quantitative estimate of drug-likeness (QED) is 0.676. The van der Waals surface area contributed by atoms with Crippen molar-refractivity contribution in [2.45, 2.75) is 34.1 Å².